The van der Waals surface area contributed by atoms with Gasteiger partial charge in [0, 0.05) is 0 Å². The van der Waals surface area contributed by atoms with Crippen molar-refractivity contribution in [2.45, 2.75) is 0 Å². The predicted octanol–water partition coefficient (Wildman–Crippen LogP) is 4.96. The number of halogens is 2. The second-order valence-corrected chi connectivity index (χ2v) is 6.00. The van der Waals surface area contributed by atoms with Gasteiger partial charge in [0.05, 0.1) is 22.2 Å². The van der Waals surface area contributed by atoms with E-state index in [0.29, 0.717) is 23.7 Å². The molecule has 3 rings (SSSR count). The lowest BCUT2D eigenvalue weighted by atomic mass is 10.1. The summed E-state index contributed by atoms with van der Waals surface area (Å²) in [5.74, 6) is 0.494. The third-order valence-corrected chi connectivity index (χ3v) is 4.39. The Morgan fingerprint density at radius 1 is 0.958 bits per heavy atom. The van der Waals surface area contributed by atoms with Crippen LogP contribution in [0.15, 0.2) is 60.7 Å². The lowest BCUT2D eigenvalue weighted by Gasteiger charge is -2.10. The van der Waals surface area contributed by atoms with Gasteiger partial charge in [-0.2, -0.15) is 0 Å². The van der Waals surface area contributed by atoms with Gasteiger partial charge in [0.2, 0.25) is 0 Å². The molecule has 3 nitrogen and oxygen atoms in total. The van der Waals surface area contributed by atoms with Gasteiger partial charge in [0.15, 0.2) is 0 Å². The number of nitrogens with one attached hydrogen (secondary N) is 1. The number of hydrogen-bond acceptors (Lipinski definition) is 2. The smallest absolute Gasteiger partial charge is 0.252 e. The first-order valence-electron chi connectivity index (χ1n) is 7.49. The third kappa shape index (κ3) is 3.81. The molecule has 0 bridgehead atoms. The summed E-state index contributed by atoms with van der Waals surface area (Å²) < 4.78 is 5.68. The first-order chi connectivity index (χ1) is 11.6. The largest absolute Gasteiger partial charge is 0.492 e. The van der Waals surface area contributed by atoms with E-state index in [9.17, 15) is 4.79 Å². The fourth-order valence-corrected chi connectivity index (χ4v) is 2.75. The van der Waals surface area contributed by atoms with E-state index in [4.69, 9.17) is 27.9 Å². The van der Waals surface area contributed by atoms with Gasteiger partial charge in [-0.15, -0.1) is 0 Å². The average Bonchev–Trinajstić information content (AvgIpc) is 2.60. The van der Waals surface area contributed by atoms with Crippen molar-refractivity contribution in [3.63, 3.8) is 0 Å². The zero-order chi connectivity index (χ0) is 16.9. The Balaban J connectivity index is 1.54. The van der Waals surface area contributed by atoms with Crippen molar-refractivity contribution < 1.29 is 9.53 Å². The van der Waals surface area contributed by atoms with Crippen LogP contribution in [-0.2, 0) is 0 Å². The lowest BCUT2D eigenvalue weighted by molar-refractivity contribution is 0.0947. The van der Waals surface area contributed by atoms with Crippen molar-refractivity contribution in [2.75, 3.05) is 13.2 Å². The molecule has 0 aliphatic rings. The molecule has 0 saturated carbocycles. The van der Waals surface area contributed by atoms with Crippen LogP contribution < -0.4 is 10.1 Å². The van der Waals surface area contributed by atoms with Crippen LogP contribution in [0.1, 0.15) is 10.4 Å². The summed E-state index contributed by atoms with van der Waals surface area (Å²) in [5, 5.41) is 5.66. The number of rotatable bonds is 5. The minimum Gasteiger partial charge on any atom is -0.492 e. The van der Waals surface area contributed by atoms with Crippen LogP contribution in [-0.4, -0.2) is 19.1 Å². The van der Waals surface area contributed by atoms with Crippen molar-refractivity contribution in [1.82, 2.24) is 5.32 Å². The molecular formula is C19H15Cl2NO2. The molecule has 0 spiro atoms. The van der Waals surface area contributed by atoms with Gasteiger partial charge in [-0.05, 0) is 35.0 Å². The molecular weight excluding hydrogens is 345 g/mol. The Labute approximate surface area is 150 Å². The summed E-state index contributed by atoms with van der Waals surface area (Å²) in [6.07, 6.45) is 0. The number of carbonyl (C=O) groups is 1. The highest BCUT2D eigenvalue weighted by atomic mass is 35.5. The standard InChI is InChI=1S/C19H15Cl2NO2/c20-17-7-3-6-16(18(17)21)19(23)22-10-11-24-15-9-8-13-4-1-2-5-14(13)12-15/h1-9,12H,10-11H2,(H,22,23). The van der Waals surface area contributed by atoms with Crippen LogP contribution >= 0.6 is 23.2 Å². The van der Waals surface area contributed by atoms with Gasteiger partial charge >= 0.3 is 0 Å². The second kappa shape index (κ2) is 7.56. The van der Waals surface area contributed by atoms with Crippen LogP contribution in [0.4, 0.5) is 0 Å². The number of ether oxygens (including phenoxy) is 1. The van der Waals surface area contributed by atoms with Crippen LogP contribution in [0.25, 0.3) is 10.8 Å². The second-order valence-electron chi connectivity index (χ2n) is 5.21. The van der Waals surface area contributed by atoms with Crippen LogP contribution in [0.5, 0.6) is 5.75 Å². The summed E-state index contributed by atoms with van der Waals surface area (Å²) in [4.78, 5) is 12.1. The molecule has 0 radical (unpaired) electrons. The van der Waals surface area contributed by atoms with Crippen LogP contribution in [0.3, 0.4) is 0 Å². The van der Waals surface area contributed by atoms with E-state index >= 15 is 0 Å². The molecule has 0 aliphatic carbocycles. The van der Waals surface area contributed by atoms with E-state index in [1.807, 2.05) is 42.5 Å². The molecule has 0 saturated heterocycles. The third-order valence-electron chi connectivity index (χ3n) is 3.57. The van der Waals surface area contributed by atoms with E-state index in [0.717, 1.165) is 16.5 Å². The van der Waals surface area contributed by atoms with Gasteiger partial charge in [-0.25, -0.2) is 0 Å². The summed E-state index contributed by atoms with van der Waals surface area (Å²) in [6.45, 7) is 0.733. The number of fused-ring (bicyclic) bond motifs is 1. The highest BCUT2D eigenvalue weighted by Crippen LogP contribution is 2.25. The Morgan fingerprint density at radius 3 is 2.58 bits per heavy atom. The van der Waals surface area contributed by atoms with Crippen LogP contribution in [0, 0.1) is 0 Å². The summed E-state index contributed by atoms with van der Waals surface area (Å²) in [5.41, 5.74) is 0.356. The molecule has 5 heteroatoms. The minimum atomic E-state index is -0.274. The Hall–Kier alpha value is -2.23. The Bertz CT molecular complexity index is 880. The first-order valence-corrected chi connectivity index (χ1v) is 8.24. The molecule has 0 aliphatic heterocycles. The van der Waals surface area contributed by atoms with E-state index in [-0.39, 0.29) is 10.9 Å². The monoisotopic (exact) mass is 359 g/mol. The molecule has 3 aromatic rings. The maximum Gasteiger partial charge on any atom is 0.252 e. The SMILES string of the molecule is O=C(NCCOc1ccc2ccccc2c1)c1cccc(Cl)c1Cl. The van der Waals surface area contributed by atoms with Crippen molar-refractivity contribution in [2.24, 2.45) is 0 Å². The van der Waals surface area contributed by atoms with Gasteiger partial charge in [0.1, 0.15) is 12.4 Å². The molecule has 1 amide bonds. The predicted molar refractivity (Wildman–Crippen MR) is 98.2 cm³/mol. The molecule has 0 unspecified atom stereocenters. The molecule has 0 aromatic heterocycles. The molecule has 0 heterocycles. The highest BCUT2D eigenvalue weighted by Gasteiger charge is 2.11. The maximum atomic E-state index is 12.1. The number of hydrogen-bond donors (Lipinski definition) is 1. The quantitative estimate of drug-likeness (QED) is 0.654. The van der Waals surface area contributed by atoms with E-state index in [1.54, 1.807) is 18.2 Å². The van der Waals surface area contributed by atoms with Crippen molar-refractivity contribution >= 4 is 39.9 Å². The van der Waals surface area contributed by atoms with E-state index in [2.05, 4.69) is 5.32 Å². The Kier molecular flexibility index (Phi) is 5.24. The molecule has 1 N–H and O–H groups in total. The van der Waals surface area contributed by atoms with Gasteiger partial charge in [-0.3, -0.25) is 4.79 Å². The molecule has 122 valence electrons. The molecule has 0 fully saturated rings. The lowest BCUT2D eigenvalue weighted by Crippen LogP contribution is -2.28. The summed E-state index contributed by atoms with van der Waals surface area (Å²) in [6, 6.07) is 18.9. The van der Waals surface area contributed by atoms with E-state index < -0.39 is 0 Å². The van der Waals surface area contributed by atoms with Crippen molar-refractivity contribution in [3.05, 3.63) is 76.3 Å². The van der Waals surface area contributed by atoms with Gasteiger partial charge < -0.3 is 10.1 Å². The number of benzene rings is 3. The van der Waals surface area contributed by atoms with Crippen LogP contribution in [0.2, 0.25) is 10.0 Å². The fraction of sp³-hybridized carbons (Fsp3) is 0.105. The molecule has 3 aromatic carbocycles. The summed E-state index contributed by atoms with van der Waals surface area (Å²) >= 11 is 11.9. The zero-order valence-electron chi connectivity index (χ0n) is 12.8. The maximum absolute atomic E-state index is 12.1. The fourth-order valence-electron chi connectivity index (χ4n) is 2.37. The molecule has 24 heavy (non-hydrogen) atoms. The van der Waals surface area contributed by atoms with Gasteiger partial charge in [0.25, 0.3) is 5.91 Å². The normalized spacial score (nSPS) is 10.6. The highest BCUT2D eigenvalue weighted by molar-refractivity contribution is 6.43. The zero-order valence-corrected chi connectivity index (χ0v) is 14.3. The van der Waals surface area contributed by atoms with Crippen molar-refractivity contribution in [1.29, 1.82) is 0 Å². The first kappa shape index (κ1) is 16.6. The summed E-state index contributed by atoms with van der Waals surface area (Å²) in [7, 11) is 0. The minimum absolute atomic E-state index is 0.257. The Morgan fingerprint density at radius 2 is 1.75 bits per heavy atom. The number of amides is 1. The average molecular weight is 360 g/mol. The van der Waals surface area contributed by atoms with Gasteiger partial charge in [-0.1, -0.05) is 59.6 Å². The molecule has 0 atom stereocenters. The van der Waals surface area contributed by atoms with Crippen molar-refractivity contribution in [3.8, 4) is 5.75 Å². The topological polar surface area (TPSA) is 38.3 Å². The number of carbonyl (C=O) groups excluding carboxylic acids is 1. The van der Waals surface area contributed by atoms with E-state index in [1.165, 1.54) is 0 Å².